The van der Waals surface area contributed by atoms with Crippen molar-refractivity contribution in [2.75, 3.05) is 19.6 Å². The first-order chi connectivity index (χ1) is 10.2. The summed E-state index contributed by atoms with van der Waals surface area (Å²) in [5.74, 6) is 0.605. The van der Waals surface area contributed by atoms with Gasteiger partial charge in [0.15, 0.2) is 0 Å². The summed E-state index contributed by atoms with van der Waals surface area (Å²) in [6.07, 6.45) is 1.02. The number of thiophene rings is 1. The minimum absolute atomic E-state index is 0. The molecule has 1 saturated heterocycles. The molecule has 1 atom stereocenters. The minimum Gasteiger partial charge on any atom is -0.338 e. The molecule has 1 aromatic carbocycles. The number of hydrogen-bond acceptors (Lipinski definition) is 3. The van der Waals surface area contributed by atoms with Crippen molar-refractivity contribution in [1.82, 2.24) is 4.90 Å². The van der Waals surface area contributed by atoms with Crippen molar-refractivity contribution in [3.63, 3.8) is 0 Å². The summed E-state index contributed by atoms with van der Waals surface area (Å²) in [5.41, 5.74) is 9.10. The Morgan fingerprint density at radius 2 is 2.05 bits per heavy atom. The molecule has 2 heterocycles. The third kappa shape index (κ3) is 3.35. The second-order valence-corrected chi connectivity index (χ2v) is 6.59. The molecule has 2 aromatic rings. The molecule has 1 aromatic heterocycles. The number of nitrogens with zero attached hydrogens (tertiary/aromatic N) is 1. The van der Waals surface area contributed by atoms with Crippen molar-refractivity contribution in [3.8, 4) is 11.1 Å². The molecule has 0 aliphatic carbocycles. The highest BCUT2D eigenvalue weighted by atomic mass is 35.5. The Labute approximate surface area is 141 Å². The van der Waals surface area contributed by atoms with Gasteiger partial charge >= 0.3 is 0 Å². The Hall–Kier alpha value is -1.36. The number of rotatable bonds is 3. The minimum atomic E-state index is 0. The maximum absolute atomic E-state index is 12.7. The van der Waals surface area contributed by atoms with E-state index in [1.807, 2.05) is 16.3 Å². The van der Waals surface area contributed by atoms with Crippen molar-refractivity contribution >= 4 is 29.7 Å². The van der Waals surface area contributed by atoms with E-state index in [0.29, 0.717) is 12.5 Å². The third-order valence-corrected chi connectivity index (χ3v) is 5.03. The van der Waals surface area contributed by atoms with E-state index < -0.39 is 0 Å². The van der Waals surface area contributed by atoms with E-state index in [1.165, 1.54) is 16.9 Å². The van der Waals surface area contributed by atoms with Crippen LogP contribution in [0.2, 0.25) is 0 Å². The van der Waals surface area contributed by atoms with Gasteiger partial charge in [-0.05, 0) is 42.8 Å². The highest BCUT2D eigenvalue weighted by Crippen LogP contribution is 2.31. The first kappa shape index (κ1) is 17.0. The van der Waals surface area contributed by atoms with Crippen LogP contribution in [0, 0.1) is 12.8 Å². The Bertz CT molecular complexity index is 638. The van der Waals surface area contributed by atoms with Crippen molar-refractivity contribution in [2.24, 2.45) is 11.7 Å². The van der Waals surface area contributed by atoms with Crippen LogP contribution in [-0.2, 0) is 0 Å². The monoisotopic (exact) mass is 336 g/mol. The normalized spacial score (nSPS) is 17.4. The van der Waals surface area contributed by atoms with Gasteiger partial charge in [0.1, 0.15) is 0 Å². The topological polar surface area (TPSA) is 46.3 Å². The zero-order valence-corrected chi connectivity index (χ0v) is 14.3. The van der Waals surface area contributed by atoms with Crippen molar-refractivity contribution in [2.45, 2.75) is 13.3 Å². The van der Waals surface area contributed by atoms with E-state index in [9.17, 15) is 4.79 Å². The molecule has 3 rings (SSSR count). The lowest BCUT2D eigenvalue weighted by Crippen LogP contribution is -2.29. The lowest BCUT2D eigenvalue weighted by molar-refractivity contribution is 0.0793. The first-order valence-corrected chi connectivity index (χ1v) is 8.21. The molecule has 2 N–H and O–H groups in total. The van der Waals surface area contributed by atoms with Crippen molar-refractivity contribution in [3.05, 3.63) is 46.2 Å². The number of halogens is 1. The lowest BCUT2D eigenvalue weighted by atomic mass is 10.0. The third-order valence-electron chi connectivity index (χ3n) is 4.13. The lowest BCUT2D eigenvalue weighted by Gasteiger charge is -2.16. The highest BCUT2D eigenvalue weighted by Gasteiger charge is 2.28. The summed E-state index contributed by atoms with van der Waals surface area (Å²) < 4.78 is 0. The predicted molar refractivity (Wildman–Crippen MR) is 94.8 cm³/mol. The molecule has 1 fully saturated rings. The molecule has 3 nitrogen and oxygen atoms in total. The largest absolute Gasteiger partial charge is 0.338 e. The number of amides is 1. The molecular weight excluding hydrogens is 316 g/mol. The van der Waals surface area contributed by atoms with Crippen LogP contribution in [0.25, 0.3) is 11.1 Å². The van der Waals surface area contributed by atoms with E-state index in [2.05, 4.69) is 31.2 Å². The zero-order valence-electron chi connectivity index (χ0n) is 12.6. The predicted octanol–water partition coefficient (Wildman–Crippen LogP) is 3.57. The zero-order chi connectivity index (χ0) is 14.8. The average molecular weight is 337 g/mol. The summed E-state index contributed by atoms with van der Waals surface area (Å²) in [4.78, 5) is 15.5. The van der Waals surface area contributed by atoms with Gasteiger partial charge in [-0.3, -0.25) is 4.79 Å². The quantitative estimate of drug-likeness (QED) is 0.931. The van der Waals surface area contributed by atoms with E-state index in [-0.39, 0.29) is 18.3 Å². The molecule has 1 aliphatic rings. The number of likely N-dealkylation sites (tertiary alicyclic amines) is 1. The van der Waals surface area contributed by atoms with Gasteiger partial charge in [0.05, 0.1) is 4.88 Å². The van der Waals surface area contributed by atoms with Gasteiger partial charge in [0, 0.05) is 18.7 Å². The average Bonchev–Trinajstić information content (AvgIpc) is 3.16. The molecule has 0 radical (unpaired) electrons. The Kier molecular flexibility index (Phi) is 5.62. The number of carbonyl (C=O) groups excluding carboxylic acids is 1. The van der Waals surface area contributed by atoms with E-state index in [1.54, 1.807) is 0 Å². The molecule has 22 heavy (non-hydrogen) atoms. The summed E-state index contributed by atoms with van der Waals surface area (Å²) >= 11 is 1.53. The number of nitrogens with two attached hydrogens (primary N) is 1. The molecule has 0 spiro atoms. The van der Waals surface area contributed by atoms with E-state index in [0.717, 1.165) is 35.5 Å². The molecule has 118 valence electrons. The maximum atomic E-state index is 12.7. The van der Waals surface area contributed by atoms with Crippen LogP contribution in [0.4, 0.5) is 0 Å². The number of hydrogen-bond donors (Lipinski definition) is 1. The van der Waals surface area contributed by atoms with Crippen LogP contribution in [0.15, 0.2) is 35.7 Å². The van der Waals surface area contributed by atoms with Gasteiger partial charge in [0.2, 0.25) is 0 Å². The number of aryl methyl sites for hydroxylation is 1. The second kappa shape index (κ2) is 7.27. The summed E-state index contributed by atoms with van der Waals surface area (Å²) in [6.45, 7) is 4.35. The van der Waals surface area contributed by atoms with Crippen LogP contribution >= 0.6 is 23.7 Å². The van der Waals surface area contributed by atoms with Gasteiger partial charge in [-0.2, -0.15) is 0 Å². The van der Waals surface area contributed by atoms with Gasteiger partial charge in [-0.25, -0.2) is 0 Å². The Morgan fingerprint density at radius 3 is 2.68 bits per heavy atom. The van der Waals surface area contributed by atoms with Gasteiger partial charge < -0.3 is 10.6 Å². The van der Waals surface area contributed by atoms with Crippen LogP contribution in [0.3, 0.4) is 0 Å². The molecule has 1 amide bonds. The van der Waals surface area contributed by atoms with Gasteiger partial charge in [0.25, 0.3) is 5.91 Å². The van der Waals surface area contributed by atoms with E-state index >= 15 is 0 Å². The Morgan fingerprint density at radius 1 is 1.32 bits per heavy atom. The number of carbonyl (C=O) groups is 1. The summed E-state index contributed by atoms with van der Waals surface area (Å²) in [7, 11) is 0. The first-order valence-electron chi connectivity index (χ1n) is 7.33. The van der Waals surface area contributed by atoms with Crippen LogP contribution in [0.5, 0.6) is 0 Å². The molecule has 0 saturated carbocycles. The van der Waals surface area contributed by atoms with Gasteiger partial charge in [-0.1, -0.05) is 29.8 Å². The fourth-order valence-electron chi connectivity index (χ4n) is 2.79. The fourth-order valence-corrected chi connectivity index (χ4v) is 3.67. The second-order valence-electron chi connectivity index (χ2n) is 5.67. The molecule has 0 bridgehead atoms. The molecular formula is C17H21ClN2OS. The maximum Gasteiger partial charge on any atom is 0.264 e. The summed E-state index contributed by atoms with van der Waals surface area (Å²) in [5, 5.41) is 2.00. The van der Waals surface area contributed by atoms with E-state index in [4.69, 9.17) is 5.73 Å². The van der Waals surface area contributed by atoms with Crippen LogP contribution in [-0.4, -0.2) is 30.4 Å². The summed E-state index contributed by atoms with van der Waals surface area (Å²) in [6, 6.07) is 10.4. The van der Waals surface area contributed by atoms with Crippen molar-refractivity contribution in [1.29, 1.82) is 0 Å². The smallest absolute Gasteiger partial charge is 0.264 e. The van der Waals surface area contributed by atoms with Crippen molar-refractivity contribution < 1.29 is 4.79 Å². The SMILES string of the molecule is Cc1ccc(-c2ccsc2C(=O)N2CCC(CN)C2)cc1.Cl. The fraction of sp³-hybridized carbons (Fsp3) is 0.353. The standard InChI is InChI=1S/C17H20N2OS.ClH/c1-12-2-4-14(5-3-12)15-7-9-21-16(15)17(20)19-8-6-13(10-18)11-19;/h2-5,7,9,13H,6,8,10-11,18H2,1H3;1H. The molecule has 1 aliphatic heterocycles. The van der Waals surface area contributed by atoms with Crippen LogP contribution in [0.1, 0.15) is 21.7 Å². The van der Waals surface area contributed by atoms with Crippen LogP contribution < -0.4 is 5.73 Å². The van der Waals surface area contributed by atoms with Gasteiger partial charge in [-0.15, -0.1) is 23.7 Å². The molecule has 5 heteroatoms. The Balaban J connectivity index is 0.00000176. The highest BCUT2D eigenvalue weighted by molar-refractivity contribution is 7.12. The number of benzene rings is 1. The molecule has 1 unspecified atom stereocenters.